The minimum absolute atomic E-state index is 0.110. The second-order valence-electron chi connectivity index (χ2n) is 3.15. The van der Waals surface area contributed by atoms with E-state index in [1.54, 1.807) is 0 Å². The number of rotatable bonds is 1. The third-order valence-corrected chi connectivity index (χ3v) is 2.27. The number of aryl methyl sites for hydroxylation is 1. The van der Waals surface area contributed by atoms with Gasteiger partial charge in [-0.25, -0.2) is 4.79 Å². The zero-order chi connectivity index (χ0) is 9.26. The minimum atomic E-state index is -0.110. The Morgan fingerprint density at radius 1 is 1.46 bits per heavy atom. The summed E-state index contributed by atoms with van der Waals surface area (Å²) in [4.78, 5) is 11.0. The number of hydrogen-bond donors (Lipinski definition) is 2. The first-order valence-electron chi connectivity index (χ1n) is 4.46. The van der Waals surface area contributed by atoms with Crippen LogP contribution in [0.25, 0.3) is 0 Å². The van der Waals surface area contributed by atoms with Crippen LogP contribution >= 0.6 is 0 Å². The predicted octanol–water partition coefficient (Wildman–Crippen LogP) is 1.88. The highest BCUT2D eigenvalue weighted by Crippen LogP contribution is 2.20. The summed E-state index contributed by atoms with van der Waals surface area (Å²) < 4.78 is 0. The maximum Gasteiger partial charge on any atom is 0.319 e. The van der Waals surface area contributed by atoms with Crippen molar-refractivity contribution >= 4 is 11.7 Å². The number of urea groups is 1. The first kappa shape index (κ1) is 8.10. The monoisotopic (exact) mass is 176 g/mol. The normalized spacial score (nSPS) is 14.4. The van der Waals surface area contributed by atoms with Crippen LogP contribution < -0.4 is 10.6 Å². The van der Waals surface area contributed by atoms with Crippen molar-refractivity contribution in [2.24, 2.45) is 0 Å². The van der Waals surface area contributed by atoms with Gasteiger partial charge in [-0.15, -0.1) is 0 Å². The largest absolute Gasteiger partial charge is 0.334 e. The molecule has 0 bridgehead atoms. The molecular formula is C10H12N2O. The van der Waals surface area contributed by atoms with Gasteiger partial charge in [0.15, 0.2) is 0 Å². The van der Waals surface area contributed by atoms with Gasteiger partial charge in [-0.3, -0.25) is 0 Å². The maximum absolute atomic E-state index is 11.0. The number of carbonyl (C=O) groups excluding carboxylic acids is 1. The smallest absolute Gasteiger partial charge is 0.319 e. The first-order valence-corrected chi connectivity index (χ1v) is 4.46. The molecule has 1 aromatic rings. The van der Waals surface area contributed by atoms with E-state index >= 15 is 0 Å². The molecule has 1 aliphatic rings. The molecule has 1 aromatic carbocycles. The summed E-state index contributed by atoms with van der Waals surface area (Å²) in [5, 5.41) is 5.51. The molecule has 0 aliphatic carbocycles. The van der Waals surface area contributed by atoms with Crippen molar-refractivity contribution in [2.45, 2.75) is 19.9 Å². The summed E-state index contributed by atoms with van der Waals surface area (Å²) in [7, 11) is 0. The minimum Gasteiger partial charge on any atom is -0.334 e. The summed E-state index contributed by atoms with van der Waals surface area (Å²) in [6, 6.07) is 6.08. The van der Waals surface area contributed by atoms with Gasteiger partial charge in [-0.2, -0.15) is 0 Å². The Kier molecular flexibility index (Phi) is 1.93. The summed E-state index contributed by atoms with van der Waals surface area (Å²) >= 11 is 0. The molecule has 0 fully saturated rings. The van der Waals surface area contributed by atoms with Crippen molar-refractivity contribution in [3.63, 3.8) is 0 Å². The lowest BCUT2D eigenvalue weighted by Crippen LogP contribution is -2.33. The molecule has 0 atom stereocenters. The number of amides is 2. The molecule has 2 amide bonds. The Morgan fingerprint density at radius 2 is 2.31 bits per heavy atom. The second-order valence-corrected chi connectivity index (χ2v) is 3.15. The van der Waals surface area contributed by atoms with Gasteiger partial charge in [0.25, 0.3) is 0 Å². The third kappa shape index (κ3) is 1.49. The van der Waals surface area contributed by atoms with Gasteiger partial charge >= 0.3 is 6.03 Å². The average molecular weight is 176 g/mol. The Balaban J connectivity index is 2.38. The highest BCUT2D eigenvalue weighted by molar-refractivity contribution is 5.92. The average Bonchev–Trinajstić information content (AvgIpc) is 2.16. The molecule has 0 radical (unpaired) electrons. The topological polar surface area (TPSA) is 41.1 Å². The zero-order valence-corrected chi connectivity index (χ0v) is 7.55. The second kappa shape index (κ2) is 3.09. The van der Waals surface area contributed by atoms with E-state index in [4.69, 9.17) is 0 Å². The first-order chi connectivity index (χ1) is 6.29. The molecule has 68 valence electrons. The molecule has 0 saturated heterocycles. The van der Waals surface area contributed by atoms with Gasteiger partial charge < -0.3 is 10.6 Å². The molecule has 3 heteroatoms. The molecule has 13 heavy (non-hydrogen) atoms. The fraction of sp³-hybridized carbons (Fsp3) is 0.300. The van der Waals surface area contributed by atoms with Gasteiger partial charge in [-0.05, 0) is 23.6 Å². The van der Waals surface area contributed by atoms with Crippen LogP contribution in [0.4, 0.5) is 10.5 Å². The van der Waals surface area contributed by atoms with Crippen molar-refractivity contribution < 1.29 is 4.79 Å². The van der Waals surface area contributed by atoms with E-state index in [-0.39, 0.29) is 6.03 Å². The lowest BCUT2D eigenvalue weighted by Gasteiger charge is -2.18. The molecule has 0 aromatic heterocycles. The number of benzene rings is 1. The van der Waals surface area contributed by atoms with Gasteiger partial charge in [0, 0.05) is 12.2 Å². The van der Waals surface area contributed by atoms with E-state index in [9.17, 15) is 4.79 Å². The standard InChI is InChI=1S/C10H12N2O/c1-2-7-3-4-8-6-11-10(13)12-9(8)5-7/h3-5H,2,6H2,1H3,(H2,11,12,13). The molecule has 0 saturated carbocycles. The maximum atomic E-state index is 11.0. The van der Waals surface area contributed by atoms with E-state index < -0.39 is 0 Å². The van der Waals surface area contributed by atoms with E-state index in [0.717, 1.165) is 17.7 Å². The van der Waals surface area contributed by atoms with Crippen molar-refractivity contribution in [3.8, 4) is 0 Å². The van der Waals surface area contributed by atoms with Gasteiger partial charge in [0.1, 0.15) is 0 Å². The fourth-order valence-electron chi connectivity index (χ4n) is 1.46. The highest BCUT2D eigenvalue weighted by Gasteiger charge is 2.12. The summed E-state index contributed by atoms with van der Waals surface area (Å²) in [5.74, 6) is 0. The Bertz CT molecular complexity index is 347. The third-order valence-electron chi connectivity index (χ3n) is 2.27. The quantitative estimate of drug-likeness (QED) is 0.674. The Labute approximate surface area is 77.1 Å². The van der Waals surface area contributed by atoms with Crippen LogP contribution in [0.2, 0.25) is 0 Å². The summed E-state index contributed by atoms with van der Waals surface area (Å²) in [6.45, 7) is 2.73. The zero-order valence-electron chi connectivity index (χ0n) is 7.55. The molecule has 2 N–H and O–H groups in total. The number of anilines is 1. The van der Waals surface area contributed by atoms with Crippen LogP contribution in [0, 0.1) is 0 Å². The van der Waals surface area contributed by atoms with Gasteiger partial charge in [0.05, 0.1) is 0 Å². The predicted molar refractivity (Wildman–Crippen MR) is 51.7 cm³/mol. The van der Waals surface area contributed by atoms with E-state index in [1.807, 2.05) is 6.07 Å². The SMILES string of the molecule is CCc1ccc2c(c1)NC(=O)NC2. The van der Waals surface area contributed by atoms with Crippen molar-refractivity contribution in [2.75, 3.05) is 5.32 Å². The van der Waals surface area contributed by atoms with Crippen LogP contribution in [-0.4, -0.2) is 6.03 Å². The van der Waals surface area contributed by atoms with Crippen molar-refractivity contribution in [3.05, 3.63) is 29.3 Å². The molecule has 1 heterocycles. The lowest BCUT2D eigenvalue weighted by atomic mass is 10.1. The Hall–Kier alpha value is -1.51. The fourth-order valence-corrected chi connectivity index (χ4v) is 1.46. The number of hydrogen-bond acceptors (Lipinski definition) is 1. The van der Waals surface area contributed by atoms with E-state index in [2.05, 4.69) is 29.7 Å². The Morgan fingerprint density at radius 3 is 3.08 bits per heavy atom. The lowest BCUT2D eigenvalue weighted by molar-refractivity contribution is 0.251. The van der Waals surface area contributed by atoms with Crippen LogP contribution in [0.3, 0.4) is 0 Å². The van der Waals surface area contributed by atoms with E-state index in [1.165, 1.54) is 5.56 Å². The molecule has 1 aliphatic heterocycles. The van der Waals surface area contributed by atoms with Crippen LogP contribution in [0.15, 0.2) is 18.2 Å². The molecule has 3 nitrogen and oxygen atoms in total. The van der Waals surface area contributed by atoms with Gasteiger partial charge in [0.2, 0.25) is 0 Å². The summed E-state index contributed by atoms with van der Waals surface area (Å²) in [5.41, 5.74) is 3.35. The molecule has 0 unspecified atom stereocenters. The van der Waals surface area contributed by atoms with Crippen molar-refractivity contribution in [1.29, 1.82) is 0 Å². The number of fused-ring (bicyclic) bond motifs is 1. The van der Waals surface area contributed by atoms with Crippen LogP contribution in [-0.2, 0) is 13.0 Å². The molecular weight excluding hydrogens is 164 g/mol. The van der Waals surface area contributed by atoms with Crippen LogP contribution in [0.1, 0.15) is 18.1 Å². The van der Waals surface area contributed by atoms with Crippen molar-refractivity contribution in [1.82, 2.24) is 5.32 Å². The molecule has 0 spiro atoms. The van der Waals surface area contributed by atoms with Crippen LogP contribution in [0.5, 0.6) is 0 Å². The number of carbonyl (C=O) groups is 1. The number of nitrogens with one attached hydrogen (secondary N) is 2. The molecule has 2 rings (SSSR count). The van der Waals surface area contributed by atoms with E-state index in [0.29, 0.717) is 6.54 Å². The highest BCUT2D eigenvalue weighted by atomic mass is 16.2. The summed E-state index contributed by atoms with van der Waals surface area (Å²) in [6.07, 6.45) is 0.997. The van der Waals surface area contributed by atoms with Gasteiger partial charge in [-0.1, -0.05) is 19.1 Å².